The van der Waals surface area contributed by atoms with Gasteiger partial charge >= 0.3 is 6.36 Å². The summed E-state index contributed by atoms with van der Waals surface area (Å²) in [4.78, 5) is 11.8. The van der Waals surface area contributed by atoms with Gasteiger partial charge in [-0.25, -0.2) is 0 Å². The van der Waals surface area contributed by atoms with Crippen LogP contribution in [0.1, 0.15) is 17.3 Å². The minimum Gasteiger partial charge on any atom is -0.404 e. The molecule has 0 bridgehead atoms. The molecule has 0 aliphatic rings. The van der Waals surface area contributed by atoms with E-state index in [0.29, 0.717) is 6.54 Å². The van der Waals surface area contributed by atoms with Gasteiger partial charge in [0.05, 0.1) is 5.69 Å². The lowest BCUT2D eigenvalue weighted by Crippen LogP contribution is -2.29. The highest BCUT2D eigenvalue weighted by atomic mass is 32.2. The molecule has 1 aromatic rings. The van der Waals surface area contributed by atoms with Crippen molar-refractivity contribution >= 4 is 23.4 Å². The molecule has 1 rings (SSSR count). The van der Waals surface area contributed by atoms with Crippen molar-refractivity contribution in [3.63, 3.8) is 0 Å². The lowest BCUT2D eigenvalue weighted by atomic mass is 10.1. The maximum absolute atomic E-state index is 12.1. The Balaban J connectivity index is 2.74. The third-order valence-corrected chi connectivity index (χ3v) is 3.42. The second kappa shape index (κ2) is 6.74. The Labute approximate surface area is 118 Å². The number of amides is 1. The van der Waals surface area contributed by atoms with E-state index >= 15 is 0 Å². The number of thioether (sulfide) groups is 1. The molecule has 1 atom stereocenters. The number of nitrogens with one attached hydrogen (secondary N) is 1. The molecule has 1 aromatic carbocycles. The predicted molar refractivity (Wildman–Crippen MR) is 72.8 cm³/mol. The van der Waals surface area contributed by atoms with Gasteiger partial charge in [-0.1, -0.05) is 6.92 Å². The van der Waals surface area contributed by atoms with Crippen LogP contribution in [-0.2, 0) is 0 Å². The Morgan fingerprint density at radius 2 is 2.15 bits per heavy atom. The van der Waals surface area contributed by atoms with Crippen LogP contribution in [0.3, 0.4) is 0 Å². The molecule has 1 amide bonds. The molecule has 0 fully saturated rings. The maximum Gasteiger partial charge on any atom is 0.573 e. The molecule has 20 heavy (non-hydrogen) atoms. The Kier molecular flexibility index (Phi) is 5.55. The zero-order chi connectivity index (χ0) is 15.3. The van der Waals surface area contributed by atoms with Crippen LogP contribution in [0.5, 0.6) is 5.75 Å². The maximum atomic E-state index is 12.1. The van der Waals surface area contributed by atoms with Crippen LogP contribution in [0, 0.1) is 0 Å². The SMILES string of the molecule is CSC(C)CNC(=O)c1ccc(OC(F)(F)F)c(N)c1. The summed E-state index contributed by atoms with van der Waals surface area (Å²) in [6.07, 6.45) is -2.90. The van der Waals surface area contributed by atoms with E-state index in [1.165, 1.54) is 6.07 Å². The van der Waals surface area contributed by atoms with Crippen molar-refractivity contribution in [1.29, 1.82) is 0 Å². The molecule has 0 heterocycles. The number of hydrogen-bond donors (Lipinski definition) is 2. The lowest BCUT2D eigenvalue weighted by Gasteiger charge is -2.13. The normalized spacial score (nSPS) is 12.8. The molecule has 0 aromatic heterocycles. The number of benzene rings is 1. The van der Waals surface area contributed by atoms with E-state index in [0.717, 1.165) is 12.1 Å². The summed E-state index contributed by atoms with van der Waals surface area (Å²) in [7, 11) is 0. The molecule has 0 aliphatic heterocycles. The molecule has 0 saturated heterocycles. The third-order valence-electron chi connectivity index (χ3n) is 2.45. The molecule has 0 aliphatic carbocycles. The van der Waals surface area contributed by atoms with Gasteiger partial charge in [0.1, 0.15) is 0 Å². The number of carbonyl (C=O) groups is 1. The van der Waals surface area contributed by atoms with Crippen molar-refractivity contribution in [2.45, 2.75) is 18.5 Å². The summed E-state index contributed by atoms with van der Waals surface area (Å²) in [5.74, 6) is -0.914. The Morgan fingerprint density at radius 1 is 1.50 bits per heavy atom. The summed E-state index contributed by atoms with van der Waals surface area (Å²) >= 11 is 1.59. The van der Waals surface area contributed by atoms with E-state index in [9.17, 15) is 18.0 Å². The smallest absolute Gasteiger partial charge is 0.404 e. The highest BCUT2D eigenvalue weighted by Crippen LogP contribution is 2.28. The summed E-state index contributed by atoms with van der Waals surface area (Å²) in [5.41, 5.74) is 5.38. The fourth-order valence-electron chi connectivity index (χ4n) is 1.33. The molecule has 0 radical (unpaired) electrons. The van der Waals surface area contributed by atoms with Crippen molar-refractivity contribution in [3.8, 4) is 5.75 Å². The van der Waals surface area contributed by atoms with Crippen LogP contribution < -0.4 is 15.8 Å². The predicted octanol–water partition coefficient (Wildman–Crippen LogP) is 2.65. The first-order valence-corrected chi connectivity index (χ1v) is 6.98. The van der Waals surface area contributed by atoms with E-state index in [4.69, 9.17) is 5.73 Å². The Bertz CT molecular complexity index is 480. The number of ether oxygens (including phenoxy) is 1. The highest BCUT2D eigenvalue weighted by Gasteiger charge is 2.32. The largest absolute Gasteiger partial charge is 0.573 e. The number of alkyl halides is 3. The molecule has 8 heteroatoms. The Hall–Kier alpha value is -1.57. The van der Waals surface area contributed by atoms with E-state index in [1.807, 2.05) is 13.2 Å². The van der Waals surface area contributed by atoms with E-state index in [1.54, 1.807) is 11.8 Å². The van der Waals surface area contributed by atoms with Gasteiger partial charge in [0.2, 0.25) is 0 Å². The topological polar surface area (TPSA) is 64.3 Å². The van der Waals surface area contributed by atoms with E-state index < -0.39 is 18.0 Å². The first kappa shape index (κ1) is 16.5. The number of hydrogen-bond acceptors (Lipinski definition) is 4. The second-order valence-electron chi connectivity index (χ2n) is 4.06. The number of carbonyl (C=O) groups excluding carboxylic acids is 1. The van der Waals surface area contributed by atoms with Crippen molar-refractivity contribution in [2.24, 2.45) is 0 Å². The van der Waals surface area contributed by atoms with Gasteiger partial charge < -0.3 is 15.8 Å². The fourth-order valence-corrected chi connectivity index (χ4v) is 1.58. The first-order valence-electron chi connectivity index (χ1n) is 5.69. The minimum absolute atomic E-state index is 0.185. The van der Waals surface area contributed by atoms with Gasteiger partial charge in [-0.3, -0.25) is 4.79 Å². The van der Waals surface area contributed by atoms with Gasteiger partial charge in [0, 0.05) is 17.4 Å². The molecular weight excluding hydrogens is 293 g/mol. The molecule has 4 nitrogen and oxygen atoms in total. The number of rotatable bonds is 5. The molecular formula is C12H15F3N2O2S. The number of nitrogen functional groups attached to an aromatic ring is 1. The summed E-state index contributed by atoms with van der Waals surface area (Å²) in [5, 5.41) is 2.91. The summed E-state index contributed by atoms with van der Waals surface area (Å²) in [6, 6.07) is 3.41. The van der Waals surface area contributed by atoms with Gasteiger partial charge in [-0.15, -0.1) is 13.2 Å². The third kappa shape index (κ3) is 5.20. The fraction of sp³-hybridized carbons (Fsp3) is 0.417. The molecule has 0 saturated carbocycles. The van der Waals surface area contributed by atoms with Crippen LogP contribution >= 0.6 is 11.8 Å². The number of anilines is 1. The standard InChI is InChI=1S/C12H15F3N2O2S/c1-7(20-2)6-17-11(18)8-3-4-10(9(16)5-8)19-12(13,14)15/h3-5,7H,6,16H2,1-2H3,(H,17,18). The number of nitrogens with two attached hydrogens (primary N) is 1. The van der Waals surface area contributed by atoms with Crippen molar-refractivity contribution < 1.29 is 22.7 Å². The highest BCUT2D eigenvalue weighted by molar-refractivity contribution is 7.99. The molecule has 3 N–H and O–H groups in total. The van der Waals surface area contributed by atoms with Gasteiger partial charge in [-0.2, -0.15) is 11.8 Å². The van der Waals surface area contributed by atoms with Crippen LogP contribution in [0.2, 0.25) is 0 Å². The zero-order valence-corrected chi connectivity index (χ0v) is 11.8. The van der Waals surface area contributed by atoms with Crippen LogP contribution in [0.4, 0.5) is 18.9 Å². The Morgan fingerprint density at radius 3 is 2.65 bits per heavy atom. The van der Waals surface area contributed by atoms with Crippen molar-refractivity contribution in [2.75, 3.05) is 18.5 Å². The first-order chi connectivity index (χ1) is 9.23. The minimum atomic E-state index is -4.81. The van der Waals surface area contributed by atoms with Crippen LogP contribution in [0.25, 0.3) is 0 Å². The summed E-state index contributed by atoms with van der Waals surface area (Å²) in [6.45, 7) is 2.40. The van der Waals surface area contributed by atoms with E-state index in [-0.39, 0.29) is 16.5 Å². The van der Waals surface area contributed by atoms with E-state index in [2.05, 4.69) is 10.1 Å². The molecule has 0 spiro atoms. The average Bonchev–Trinajstić information content (AvgIpc) is 2.36. The van der Waals surface area contributed by atoms with Crippen molar-refractivity contribution in [3.05, 3.63) is 23.8 Å². The molecule has 112 valence electrons. The number of halogens is 3. The van der Waals surface area contributed by atoms with Crippen molar-refractivity contribution in [1.82, 2.24) is 5.32 Å². The monoisotopic (exact) mass is 308 g/mol. The van der Waals surface area contributed by atoms with Gasteiger partial charge in [0.25, 0.3) is 5.91 Å². The quantitative estimate of drug-likeness (QED) is 0.821. The van der Waals surface area contributed by atoms with Gasteiger partial charge in [-0.05, 0) is 24.5 Å². The summed E-state index contributed by atoms with van der Waals surface area (Å²) < 4.78 is 39.9. The average molecular weight is 308 g/mol. The van der Waals surface area contributed by atoms with Crippen LogP contribution in [-0.4, -0.2) is 30.3 Å². The van der Waals surface area contributed by atoms with Gasteiger partial charge in [0.15, 0.2) is 5.75 Å². The molecule has 1 unspecified atom stereocenters. The zero-order valence-electron chi connectivity index (χ0n) is 11.0. The van der Waals surface area contributed by atoms with Crippen LogP contribution in [0.15, 0.2) is 18.2 Å². The second-order valence-corrected chi connectivity index (χ2v) is 5.33. The lowest BCUT2D eigenvalue weighted by molar-refractivity contribution is -0.274.